The first-order chi connectivity index (χ1) is 16.8. The Morgan fingerprint density at radius 2 is 1.26 bits per heavy atom. The highest BCUT2D eigenvalue weighted by molar-refractivity contribution is 6.09. The van der Waals surface area contributed by atoms with Crippen LogP contribution in [0, 0.1) is 0 Å². The number of benzene rings is 5. The first kappa shape index (κ1) is 19.4. The molecule has 1 aliphatic carbocycles. The zero-order valence-electron chi connectivity index (χ0n) is 19.1. The molecular formula is C33H24O. The highest BCUT2D eigenvalue weighted by atomic mass is 16.3. The largest absolute Gasteiger partial charge is 0.456 e. The molecule has 1 aliphatic rings. The summed E-state index contributed by atoms with van der Waals surface area (Å²) in [6, 6.07) is 41.9. The number of rotatable bonds is 3. The Morgan fingerprint density at radius 3 is 1.97 bits per heavy atom. The second-order valence-corrected chi connectivity index (χ2v) is 9.17. The van der Waals surface area contributed by atoms with Crippen molar-refractivity contribution in [3.8, 4) is 11.1 Å². The van der Waals surface area contributed by atoms with Crippen molar-refractivity contribution in [1.82, 2.24) is 0 Å². The van der Waals surface area contributed by atoms with Crippen LogP contribution >= 0.6 is 0 Å². The van der Waals surface area contributed by atoms with Crippen molar-refractivity contribution in [1.29, 1.82) is 0 Å². The zero-order valence-corrected chi connectivity index (χ0v) is 19.1. The standard InChI is InChI=1S/C33H24O/c1-2-22-12-11-18-26-28-20-27-25-17-9-10-19-29(25)33(23-13-5-3-6-14-23,24-15-7-4-8-16-24)30(27)21-31(28)34-32(22)26/h3-21H,2H2,1H3. The second-order valence-electron chi connectivity index (χ2n) is 9.17. The van der Waals surface area contributed by atoms with Gasteiger partial charge in [-0.05, 0) is 57.5 Å². The molecule has 7 rings (SSSR count). The summed E-state index contributed by atoms with van der Waals surface area (Å²) < 4.78 is 6.56. The number of hydrogen-bond acceptors (Lipinski definition) is 1. The fourth-order valence-corrected chi connectivity index (χ4v) is 6.07. The lowest BCUT2D eigenvalue weighted by atomic mass is 9.67. The summed E-state index contributed by atoms with van der Waals surface area (Å²) in [5.41, 5.74) is 10.6. The summed E-state index contributed by atoms with van der Waals surface area (Å²) >= 11 is 0. The lowest BCUT2D eigenvalue weighted by molar-refractivity contribution is 0.661. The number of furan rings is 1. The van der Waals surface area contributed by atoms with Crippen LogP contribution in [0.2, 0.25) is 0 Å². The van der Waals surface area contributed by atoms with Crippen molar-refractivity contribution < 1.29 is 4.42 Å². The third-order valence-electron chi connectivity index (χ3n) is 7.54. The molecule has 34 heavy (non-hydrogen) atoms. The van der Waals surface area contributed by atoms with Crippen molar-refractivity contribution in [2.24, 2.45) is 0 Å². The van der Waals surface area contributed by atoms with E-state index in [1.165, 1.54) is 49.7 Å². The second kappa shape index (κ2) is 7.20. The first-order valence-corrected chi connectivity index (χ1v) is 12.0. The molecule has 162 valence electrons. The molecule has 0 saturated carbocycles. The molecule has 0 amide bonds. The molecule has 0 N–H and O–H groups in total. The van der Waals surface area contributed by atoms with Gasteiger partial charge in [-0.3, -0.25) is 0 Å². The Morgan fingerprint density at radius 1 is 0.588 bits per heavy atom. The predicted octanol–water partition coefficient (Wildman–Crippen LogP) is 8.51. The van der Waals surface area contributed by atoms with Crippen LogP contribution in [0.25, 0.3) is 33.1 Å². The summed E-state index contributed by atoms with van der Waals surface area (Å²) in [5.74, 6) is 0. The highest BCUT2D eigenvalue weighted by Crippen LogP contribution is 2.57. The van der Waals surface area contributed by atoms with Crippen LogP contribution in [-0.2, 0) is 11.8 Å². The van der Waals surface area contributed by atoms with Crippen LogP contribution < -0.4 is 0 Å². The van der Waals surface area contributed by atoms with Gasteiger partial charge in [0.15, 0.2) is 0 Å². The molecule has 1 heterocycles. The van der Waals surface area contributed by atoms with Gasteiger partial charge in [-0.25, -0.2) is 0 Å². The SMILES string of the molecule is CCc1cccc2c1oc1cc3c(cc12)-c1ccccc1C3(c1ccccc1)c1ccccc1. The quantitative estimate of drug-likeness (QED) is 0.270. The minimum absolute atomic E-state index is 0.394. The van der Waals surface area contributed by atoms with Crippen LogP contribution in [0.3, 0.4) is 0 Å². The summed E-state index contributed by atoms with van der Waals surface area (Å²) in [6.07, 6.45) is 0.956. The first-order valence-electron chi connectivity index (χ1n) is 12.0. The van der Waals surface area contributed by atoms with E-state index >= 15 is 0 Å². The maximum Gasteiger partial charge on any atom is 0.138 e. The molecule has 0 spiro atoms. The van der Waals surface area contributed by atoms with Crippen LogP contribution in [0.5, 0.6) is 0 Å². The van der Waals surface area contributed by atoms with E-state index in [2.05, 4.69) is 122 Å². The van der Waals surface area contributed by atoms with E-state index in [4.69, 9.17) is 4.42 Å². The van der Waals surface area contributed by atoms with E-state index in [9.17, 15) is 0 Å². The normalized spacial score (nSPS) is 13.8. The summed E-state index contributed by atoms with van der Waals surface area (Å²) in [5, 5.41) is 2.39. The third-order valence-corrected chi connectivity index (χ3v) is 7.54. The van der Waals surface area contributed by atoms with Gasteiger partial charge in [0.1, 0.15) is 11.2 Å². The van der Waals surface area contributed by atoms with Gasteiger partial charge in [0.2, 0.25) is 0 Å². The fourth-order valence-electron chi connectivity index (χ4n) is 6.07. The van der Waals surface area contributed by atoms with Crippen molar-refractivity contribution in [3.63, 3.8) is 0 Å². The molecule has 0 atom stereocenters. The van der Waals surface area contributed by atoms with Gasteiger partial charge in [-0.2, -0.15) is 0 Å². The Hall–Kier alpha value is -4.10. The molecule has 1 aromatic heterocycles. The Kier molecular flexibility index (Phi) is 4.10. The lowest BCUT2D eigenvalue weighted by Crippen LogP contribution is -2.28. The van der Waals surface area contributed by atoms with E-state index in [1.54, 1.807) is 0 Å². The molecule has 0 radical (unpaired) electrons. The minimum Gasteiger partial charge on any atom is -0.456 e. The maximum absolute atomic E-state index is 6.56. The zero-order chi connectivity index (χ0) is 22.7. The van der Waals surface area contributed by atoms with E-state index in [0.717, 1.165) is 17.6 Å². The molecule has 1 heteroatoms. The van der Waals surface area contributed by atoms with Crippen molar-refractivity contribution >= 4 is 21.9 Å². The monoisotopic (exact) mass is 436 g/mol. The van der Waals surface area contributed by atoms with E-state index in [1.807, 2.05) is 0 Å². The molecule has 0 unspecified atom stereocenters. The van der Waals surface area contributed by atoms with E-state index in [0.29, 0.717) is 0 Å². The van der Waals surface area contributed by atoms with Crippen LogP contribution in [0.4, 0.5) is 0 Å². The van der Waals surface area contributed by atoms with Crippen molar-refractivity contribution in [3.05, 3.63) is 143 Å². The molecule has 6 aromatic rings. The van der Waals surface area contributed by atoms with Crippen molar-refractivity contribution in [2.45, 2.75) is 18.8 Å². The minimum atomic E-state index is -0.394. The molecule has 5 aromatic carbocycles. The van der Waals surface area contributed by atoms with Gasteiger partial charge < -0.3 is 4.42 Å². The summed E-state index contributed by atoms with van der Waals surface area (Å²) in [4.78, 5) is 0. The predicted molar refractivity (Wildman–Crippen MR) is 140 cm³/mol. The Bertz CT molecular complexity index is 1630. The molecule has 0 bridgehead atoms. The number of para-hydroxylation sites is 1. The van der Waals surface area contributed by atoms with Crippen LogP contribution in [0.1, 0.15) is 34.7 Å². The third kappa shape index (κ3) is 2.44. The van der Waals surface area contributed by atoms with Gasteiger partial charge >= 0.3 is 0 Å². The van der Waals surface area contributed by atoms with Crippen molar-refractivity contribution in [2.75, 3.05) is 0 Å². The Labute approximate surface area is 199 Å². The fraction of sp³-hybridized carbons (Fsp3) is 0.0909. The molecule has 0 fully saturated rings. The molecule has 1 nitrogen and oxygen atoms in total. The van der Waals surface area contributed by atoms with E-state index in [-0.39, 0.29) is 0 Å². The van der Waals surface area contributed by atoms with Gasteiger partial charge in [0, 0.05) is 10.8 Å². The van der Waals surface area contributed by atoms with Crippen LogP contribution in [0.15, 0.2) is 120 Å². The lowest BCUT2D eigenvalue weighted by Gasteiger charge is -2.33. The molecule has 0 aliphatic heterocycles. The summed E-state index contributed by atoms with van der Waals surface area (Å²) in [6.45, 7) is 2.19. The average Bonchev–Trinajstić information content (AvgIpc) is 3.42. The number of hydrogen-bond donors (Lipinski definition) is 0. The maximum atomic E-state index is 6.56. The highest BCUT2D eigenvalue weighted by Gasteiger charge is 2.46. The smallest absolute Gasteiger partial charge is 0.138 e. The van der Waals surface area contributed by atoms with E-state index < -0.39 is 5.41 Å². The van der Waals surface area contributed by atoms with Gasteiger partial charge in [0.05, 0.1) is 5.41 Å². The molecule has 0 saturated heterocycles. The Balaban J connectivity index is 1.67. The number of fused-ring (bicyclic) bond motifs is 6. The topological polar surface area (TPSA) is 13.1 Å². The average molecular weight is 437 g/mol. The van der Waals surface area contributed by atoms with Crippen LogP contribution in [-0.4, -0.2) is 0 Å². The van der Waals surface area contributed by atoms with Gasteiger partial charge in [0.25, 0.3) is 0 Å². The molecular weight excluding hydrogens is 412 g/mol. The summed E-state index contributed by atoms with van der Waals surface area (Å²) in [7, 11) is 0. The van der Waals surface area contributed by atoms with Gasteiger partial charge in [-0.15, -0.1) is 0 Å². The number of aryl methyl sites for hydroxylation is 1. The van der Waals surface area contributed by atoms with Gasteiger partial charge in [-0.1, -0.05) is 110 Å².